The van der Waals surface area contributed by atoms with Gasteiger partial charge in [-0.15, -0.1) is 0 Å². The maximum Gasteiger partial charge on any atom is 0.244 e. The lowest BCUT2D eigenvalue weighted by Gasteiger charge is -2.34. The van der Waals surface area contributed by atoms with Gasteiger partial charge < -0.3 is 0 Å². The molecule has 0 bridgehead atoms. The molecule has 0 spiro atoms. The van der Waals surface area contributed by atoms with Gasteiger partial charge in [0.1, 0.15) is 0 Å². The first-order valence-corrected chi connectivity index (χ1v) is 9.55. The predicted octanol–water partition coefficient (Wildman–Crippen LogP) is 2.13. The van der Waals surface area contributed by atoms with Crippen molar-refractivity contribution < 1.29 is 13.2 Å². The third-order valence-corrected chi connectivity index (χ3v) is 6.48. The van der Waals surface area contributed by atoms with Gasteiger partial charge in [-0.2, -0.15) is 5.10 Å². The van der Waals surface area contributed by atoms with Crippen molar-refractivity contribution in [2.75, 3.05) is 11.5 Å². The van der Waals surface area contributed by atoms with Crippen molar-refractivity contribution in [3.8, 4) is 0 Å². The van der Waals surface area contributed by atoms with Crippen LogP contribution in [-0.4, -0.2) is 31.5 Å². The van der Waals surface area contributed by atoms with Gasteiger partial charge in [-0.3, -0.25) is 4.79 Å². The number of sulfone groups is 1. The molecule has 2 fully saturated rings. The smallest absolute Gasteiger partial charge is 0.244 e. The number of rotatable bonds is 2. The van der Waals surface area contributed by atoms with Crippen molar-refractivity contribution in [1.29, 1.82) is 0 Å². The molecule has 1 aliphatic carbocycles. The number of hydrogen-bond acceptors (Lipinski definition) is 4. The van der Waals surface area contributed by atoms with Crippen molar-refractivity contribution in [2.45, 2.75) is 52.9 Å². The first kappa shape index (κ1) is 16.5. The van der Waals surface area contributed by atoms with Gasteiger partial charge in [0.25, 0.3) is 0 Å². The van der Waals surface area contributed by atoms with E-state index >= 15 is 0 Å². The summed E-state index contributed by atoms with van der Waals surface area (Å²) in [6.45, 7) is 6.80. The molecule has 1 saturated carbocycles. The Labute approximate surface area is 127 Å². The minimum absolute atomic E-state index is 0.0320. The van der Waals surface area contributed by atoms with E-state index in [-0.39, 0.29) is 17.4 Å². The Morgan fingerprint density at radius 2 is 1.81 bits per heavy atom. The van der Waals surface area contributed by atoms with Gasteiger partial charge in [-0.05, 0) is 43.4 Å². The van der Waals surface area contributed by atoms with Crippen LogP contribution in [0.5, 0.6) is 0 Å². The number of carbonyl (C=O) groups is 1. The number of hydrogen-bond donors (Lipinski definition) is 1. The molecular formula is C15H26N2O3S. The van der Waals surface area contributed by atoms with E-state index in [2.05, 4.69) is 31.3 Å². The van der Waals surface area contributed by atoms with E-state index in [0.717, 1.165) is 31.4 Å². The van der Waals surface area contributed by atoms with Crippen molar-refractivity contribution in [1.82, 2.24) is 5.43 Å². The third-order valence-electron chi connectivity index (χ3n) is 4.71. The third kappa shape index (κ3) is 4.53. The second kappa shape index (κ2) is 6.07. The number of amides is 1. The van der Waals surface area contributed by atoms with Crippen LogP contribution in [0.1, 0.15) is 52.9 Å². The minimum atomic E-state index is -3.02. The summed E-state index contributed by atoms with van der Waals surface area (Å²) in [5, 5.41) is 4.21. The molecular weight excluding hydrogens is 288 g/mol. The zero-order valence-electron chi connectivity index (χ0n) is 13.2. The lowest BCUT2D eigenvalue weighted by Crippen LogP contribution is -2.30. The van der Waals surface area contributed by atoms with Crippen LogP contribution in [-0.2, 0) is 14.6 Å². The van der Waals surface area contributed by atoms with Crippen molar-refractivity contribution in [3.63, 3.8) is 0 Å². The zero-order chi connectivity index (χ0) is 15.7. The Balaban J connectivity index is 1.82. The lowest BCUT2D eigenvalue weighted by molar-refractivity contribution is -0.124. The van der Waals surface area contributed by atoms with Crippen LogP contribution in [0.15, 0.2) is 5.10 Å². The maximum atomic E-state index is 11.9. The Kier molecular flexibility index (Phi) is 4.76. The van der Waals surface area contributed by atoms with Crippen LogP contribution in [0, 0.1) is 17.3 Å². The second-order valence-corrected chi connectivity index (χ2v) is 9.62. The van der Waals surface area contributed by atoms with E-state index < -0.39 is 15.8 Å². The van der Waals surface area contributed by atoms with Gasteiger partial charge in [0, 0.05) is 5.71 Å². The van der Waals surface area contributed by atoms with Crippen LogP contribution in [0.4, 0.5) is 0 Å². The Hall–Kier alpha value is -0.910. The number of nitrogens with zero attached hydrogens (tertiary/aromatic N) is 1. The molecule has 21 heavy (non-hydrogen) atoms. The summed E-state index contributed by atoms with van der Waals surface area (Å²) in [4.78, 5) is 11.9. The fraction of sp³-hybridized carbons (Fsp3) is 0.867. The van der Waals surface area contributed by atoms with E-state index in [1.54, 1.807) is 0 Å². The standard InChI is InChI=1S/C15H26N2O3S/c1-15(2,3)12-4-6-13(7-5-12)16-17-14(18)11-8-9-21(19,20)10-11/h11-12H,4-10H2,1-3H3,(H,17,18)/t11-,12?/m0/s1. The van der Waals surface area contributed by atoms with Gasteiger partial charge in [0.05, 0.1) is 17.4 Å². The quantitative estimate of drug-likeness (QED) is 0.793. The van der Waals surface area contributed by atoms with E-state index in [1.165, 1.54) is 0 Å². The van der Waals surface area contributed by atoms with Crippen LogP contribution >= 0.6 is 0 Å². The van der Waals surface area contributed by atoms with Crippen LogP contribution in [0.2, 0.25) is 0 Å². The fourth-order valence-electron chi connectivity index (χ4n) is 3.16. The second-order valence-electron chi connectivity index (χ2n) is 7.39. The van der Waals surface area contributed by atoms with Crippen LogP contribution < -0.4 is 5.43 Å². The lowest BCUT2D eigenvalue weighted by atomic mass is 9.72. The van der Waals surface area contributed by atoms with E-state index in [1.807, 2.05) is 0 Å². The van der Waals surface area contributed by atoms with Gasteiger partial charge >= 0.3 is 0 Å². The first-order chi connectivity index (χ1) is 9.67. The van der Waals surface area contributed by atoms with Crippen molar-refractivity contribution in [3.05, 3.63) is 0 Å². The molecule has 2 rings (SSSR count). The summed E-state index contributed by atoms with van der Waals surface area (Å²) >= 11 is 0. The summed E-state index contributed by atoms with van der Waals surface area (Å²) in [5.41, 5.74) is 3.93. The van der Waals surface area contributed by atoms with E-state index in [0.29, 0.717) is 17.8 Å². The van der Waals surface area contributed by atoms with E-state index in [9.17, 15) is 13.2 Å². The zero-order valence-corrected chi connectivity index (χ0v) is 14.0. The maximum absolute atomic E-state index is 11.9. The summed E-state index contributed by atoms with van der Waals surface area (Å²) in [7, 11) is -3.02. The molecule has 1 N–H and O–H groups in total. The molecule has 5 nitrogen and oxygen atoms in total. The number of nitrogens with one attached hydrogen (secondary N) is 1. The molecule has 1 heterocycles. The van der Waals surface area contributed by atoms with Gasteiger partial charge in [0.2, 0.25) is 5.91 Å². The molecule has 2 aliphatic rings. The van der Waals surface area contributed by atoms with Gasteiger partial charge in [-0.1, -0.05) is 20.8 Å². The summed E-state index contributed by atoms with van der Waals surface area (Å²) < 4.78 is 22.7. The fourth-order valence-corrected chi connectivity index (χ4v) is 4.90. The largest absolute Gasteiger partial charge is 0.273 e. The molecule has 1 aliphatic heterocycles. The summed E-state index contributed by atoms with van der Waals surface area (Å²) in [6, 6.07) is 0. The average molecular weight is 314 g/mol. The monoisotopic (exact) mass is 314 g/mol. The van der Waals surface area contributed by atoms with Crippen molar-refractivity contribution in [2.24, 2.45) is 22.4 Å². The highest BCUT2D eigenvalue weighted by Crippen LogP contribution is 2.36. The Bertz CT molecular complexity index is 522. The Morgan fingerprint density at radius 1 is 1.19 bits per heavy atom. The SMILES string of the molecule is CC(C)(C)C1CCC(=NNC(=O)[C@H]2CCS(=O)(=O)C2)CC1. The molecule has 120 valence electrons. The highest BCUT2D eigenvalue weighted by atomic mass is 32.2. The topological polar surface area (TPSA) is 75.6 Å². The molecule has 6 heteroatoms. The molecule has 0 radical (unpaired) electrons. The number of hydrazone groups is 1. The molecule has 0 aromatic carbocycles. The van der Waals surface area contributed by atoms with Gasteiger partial charge in [0.15, 0.2) is 9.84 Å². The average Bonchev–Trinajstić information content (AvgIpc) is 2.76. The van der Waals surface area contributed by atoms with E-state index in [4.69, 9.17) is 0 Å². The first-order valence-electron chi connectivity index (χ1n) is 7.73. The minimum Gasteiger partial charge on any atom is -0.273 e. The molecule has 0 aromatic rings. The van der Waals surface area contributed by atoms with Crippen LogP contribution in [0.3, 0.4) is 0 Å². The molecule has 1 amide bonds. The van der Waals surface area contributed by atoms with Crippen LogP contribution in [0.25, 0.3) is 0 Å². The number of carbonyl (C=O) groups excluding carboxylic acids is 1. The van der Waals surface area contributed by atoms with Crippen molar-refractivity contribution >= 4 is 21.5 Å². The van der Waals surface area contributed by atoms with Gasteiger partial charge in [-0.25, -0.2) is 13.8 Å². The summed E-state index contributed by atoms with van der Waals surface area (Å²) in [6.07, 6.45) is 4.48. The Morgan fingerprint density at radius 3 is 2.29 bits per heavy atom. The highest BCUT2D eigenvalue weighted by Gasteiger charge is 2.33. The highest BCUT2D eigenvalue weighted by molar-refractivity contribution is 7.91. The summed E-state index contributed by atoms with van der Waals surface area (Å²) in [5.74, 6) is 0.115. The molecule has 0 aromatic heterocycles. The molecule has 1 atom stereocenters. The normalized spacial score (nSPS) is 29.2. The molecule has 1 saturated heterocycles. The molecule has 0 unspecified atom stereocenters. The predicted molar refractivity (Wildman–Crippen MR) is 83.8 cm³/mol.